The van der Waals surface area contributed by atoms with Crippen LogP contribution >= 0.6 is 0 Å². The zero-order valence-corrected chi connectivity index (χ0v) is 11.8. The highest BCUT2D eigenvalue weighted by atomic mass is 16.7. The minimum atomic E-state index is -1.29. The van der Waals surface area contributed by atoms with Gasteiger partial charge in [-0.2, -0.15) is 0 Å². The maximum atomic E-state index is 11.9. The average Bonchev–Trinajstić information content (AvgIpc) is 3.17. The molecule has 1 aromatic rings. The molecular weight excluding hydrogens is 272 g/mol. The van der Waals surface area contributed by atoms with Crippen LogP contribution in [-0.4, -0.2) is 22.8 Å². The Kier molecular flexibility index (Phi) is 3.01. The summed E-state index contributed by atoms with van der Waals surface area (Å²) in [6, 6.07) is 9.67. The Morgan fingerprint density at radius 3 is 2.29 bits per heavy atom. The largest absolute Gasteiger partial charge is 0.511 e. The van der Waals surface area contributed by atoms with Crippen molar-refractivity contribution in [2.24, 2.45) is 5.92 Å². The van der Waals surface area contributed by atoms with Gasteiger partial charge in [0, 0.05) is 19.8 Å². The van der Waals surface area contributed by atoms with Gasteiger partial charge < -0.3 is 14.6 Å². The van der Waals surface area contributed by atoms with Crippen LogP contribution in [0.15, 0.2) is 41.7 Å². The Hall–Kier alpha value is -2.30. The molecule has 5 heteroatoms. The van der Waals surface area contributed by atoms with Crippen molar-refractivity contribution in [2.45, 2.75) is 32.0 Å². The molecule has 1 heterocycles. The molecule has 0 bridgehead atoms. The number of carbonyl (C=O) groups is 2. The van der Waals surface area contributed by atoms with E-state index in [-0.39, 0.29) is 23.2 Å². The van der Waals surface area contributed by atoms with Gasteiger partial charge in [-0.25, -0.2) is 9.59 Å². The highest BCUT2D eigenvalue weighted by Gasteiger charge is 2.48. The zero-order chi connectivity index (χ0) is 15.2. The van der Waals surface area contributed by atoms with Crippen LogP contribution in [-0.2, 0) is 19.1 Å². The molecule has 21 heavy (non-hydrogen) atoms. The minimum absolute atomic E-state index is 0.120. The highest BCUT2D eigenvalue weighted by Crippen LogP contribution is 2.52. The van der Waals surface area contributed by atoms with Crippen molar-refractivity contribution in [2.75, 3.05) is 0 Å². The fourth-order valence-electron chi connectivity index (χ4n) is 2.61. The number of hydrogen-bond donors (Lipinski definition) is 1. The molecule has 1 aromatic carbocycles. The van der Waals surface area contributed by atoms with Gasteiger partial charge in [-0.3, -0.25) is 0 Å². The van der Waals surface area contributed by atoms with Gasteiger partial charge in [-0.15, -0.1) is 0 Å². The minimum Gasteiger partial charge on any atom is -0.511 e. The second-order valence-electron chi connectivity index (χ2n) is 5.80. The van der Waals surface area contributed by atoms with Crippen LogP contribution in [0.2, 0.25) is 0 Å². The summed E-state index contributed by atoms with van der Waals surface area (Å²) in [7, 11) is 0. The number of esters is 2. The van der Waals surface area contributed by atoms with Crippen molar-refractivity contribution in [1.29, 1.82) is 0 Å². The molecule has 1 saturated carbocycles. The van der Waals surface area contributed by atoms with E-state index in [1.54, 1.807) is 0 Å². The van der Waals surface area contributed by atoms with Gasteiger partial charge in [-0.05, 0) is 17.9 Å². The van der Waals surface area contributed by atoms with E-state index >= 15 is 0 Å². The summed E-state index contributed by atoms with van der Waals surface area (Å²) in [4.78, 5) is 23.8. The SMILES string of the molecule is CC1(C)OC(=O)C(=C(O)[C@@H]2C[C@H]2c2ccccc2)C(=O)O1. The van der Waals surface area contributed by atoms with Gasteiger partial charge in [0.25, 0.3) is 5.79 Å². The Balaban J connectivity index is 1.84. The third-order valence-corrected chi connectivity index (χ3v) is 3.71. The highest BCUT2D eigenvalue weighted by molar-refractivity contribution is 6.15. The first-order chi connectivity index (χ1) is 9.89. The molecule has 2 aliphatic rings. The number of ether oxygens (including phenoxy) is 2. The first kappa shape index (κ1) is 13.7. The van der Waals surface area contributed by atoms with Crippen LogP contribution < -0.4 is 0 Å². The molecule has 110 valence electrons. The molecule has 2 fully saturated rings. The number of rotatable bonds is 2. The molecule has 3 rings (SSSR count). The summed E-state index contributed by atoms with van der Waals surface area (Å²) in [6.45, 7) is 2.95. The number of benzene rings is 1. The smallest absolute Gasteiger partial charge is 0.352 e. The van der Waals surface area contributed by atoms with Crippen molar-refractivity contribution in [3.63, 3.8) is 0 Å². The van der Waals surface area contributed by atoms with E-state index in [1.165, 1.54) is 13.8 Å². The predicted octanol–water partition coefficient (Wildman–Crippen LogP) is 2.44. The van der Waals surface area contributed by atoms with Gasteiger partial charge in [0.2, 0.25) is 0 Å². The number of carbonyl (C=O) groups excluding carboxylic acids is 2. The fourth-order valence-corrected chi connectivity index (χ4v) is 2.61. The van der Waals surface area contributed by atoms with E-state index in [1.807, 2.05) is 30.3 Å². The summed E-state index contributed by atoms with van der Waals surface area (Å²) in [5.41, 5.74) is 0.699. The maximum Gasteiger partial charge on any atom is 0.352 e. The third-order valence-electron chi connectivity index (χ3n) is 3.71. The molecule has 1 saturated heterocycles. The standard InChI is InChI=1S/C16H16O5/c1-16(2)20-14(18)12(15(19)21-16)13(17)11-8-10(11)9-6-4-3-5-7-9/h3-7,10-11,17H,8H2,1-2H3/t10-,11+/m0/s1. The maximum absolute atomic E-state index is 11.9. The van der Waals surface area contributed by atoms with Crippen LogP contribution in [0.4, 0.5) is 0 Å². The lowest BCUT2D eigenvalue weighted by Crippen LogP contribution is -2.42. The van der Waals surface area contributed by atoms with Crippen molar-refractivity contribution in [1.82, 2.24) is 0 Å². The van der Waals surface area contributed by atoms with Gasteiger partial charge >= 0.3 is 11.9 Å². The Morgan fingerprint density at radius 2 is 1.71 bits per heavy atom. The van der Waals surface area contributed by atoms with Crippen LogP contribution in [0.1, 0.15) is 31.7 Å². The average molecular weight is 288 g/mol. The molecule has 1 N–H and O–H groups in total. The van der Waals surface area contributed by atoms with Crippen LogP contribution in [0, 0.1) is 5.92 Å². The lowest BCUT2D eigenvalue weighted by atomic mass is 10.1. The Labute approximate surface area is 122 Å². The van der Waals surface area contributed by atoms with Crippen LogP contribution in [0.3, 0.4) is 0 Å². The molecule has 0 aromatic heterocycles. The number of allylic oxidation sites excluding steroid dienone is 1. The normalized spacial score (nSPS) is 26.9. The van der Waals surface area contributed by atoms with Crippen molar-refractivity contribution in [3.05, 3.63) is 47.2 Å². The lowest BCUT2D eigenvalue weighted by molar-refractivity contribution is -0.222. The van der Waals surface area contributed by atoms with E-state index in [0.717, 1.165) is 5.56 Å². The quantitative estimate of drug-likeness (QED) is 0.391. The molecule has 0 radical (unpaired) electrons. The summed E-state index contributed by atoms with van der Waals surface area (Å²) in [6.07, 6.45) is 0.698. The Morgan fingerprint density at radius 1 is 1.14 bits per heavy atom. The molecule has 0 unspecified atom stereocenters. The van der Waals surface area contributed by atoms with Gasteiger partial charge in [0.05, 0.1) is 0 Å². The van der Waals surface area contributed by atoms with Crippen molar-refractivity contribution < 1.29 is 24.2 Å². The molecule has 2 atom stereocenters. The first-order valence-electron chi connectivity index (χ1n) is 6.84. The van der Waals surface area contributed by atoms with Gasteiger partial charge in [0.15, 0.2) is 5.57 Å². The summed E-state index contributed by atoms with van der Waals surface area (Å²) >= 11 is 0. The van der Waals surface area contributed by atoms with E-state index in [0.29, 0.717) is 6.42 Å². The molecular formula is C16H16O5. The van der Waals surface area contributed by atoms with E-state index in [4.69, 9.17) is 9.47 Å². The molecule has 5 nitrogen and oxygen atoms in total. The molecule has 1 aliphatic carbocycles. The molecule has 0 spiro atoms. The summed E-state index contributed by atoms with van der Waals surface area (Å²) in [5.74, 6) is -3.28. The number of cyclic esters (lactones) is 2. The van der Waals surface area contributed by atoms with E-state index < -0.39 is 17.7 Å². The van der Waals surface area contributed by atoms with Crippen molar-refractivity contribution >= 4 is 11.9 Å². The third kappa shape index (κ3) is 2.51. The van der Waals surface area contributed by atoms with E-state index in [2.05, 4.69) is 0 Å². The second kappa shape index (κ2) is 4.62. The van der Waals surface area contributed by atoms with Crippen LogP contribution in [0.25, 0.3) is 0 Å². The lowest BCUT2D eigenvalue weighted by Gasteiger charge is -2.30. The summed E-state index contributed by atoms with van der Waals surface area (Å²) < 4.78 is 9.99. The predicted molar refractivity (Wildman–Crippen MR) is 73.2 cm³/mol. The molecule has 0 amide bonds. The number of hydrogen-bond acceptors (Lipinski definition) is 5. The zero-order valence-electron chi connectivity index (χ0n) is 11.8. The number of aliphatic hydroxyl groups is 1. The Bertz CT molecular complexity index is 607. The summed E-state index contributed by atoms with van der Waals surface area (Å²) in [5, 5.41) is 10.2. The monoisotopic (exact) mass is 288 g/mol. The van der Waals surface area contributed by atoms with Crippen LogP contribution in [0.5, 0.6) is 0 Å². The van der Waals surface area contributed by atoms with Crippen molar-refractivity contribution in [3.8, 4) is 0 Å². The molecule has 1 aliphatic heterocycles. The van der Waals surface area contributed by atoms with Gasteiger partial charge in [-0.1, -0.05) is 30.3 Å². The number of aliphatic hydroxyl groups excluding tert-OH is 1. The van der Waals surface area contributed by atoms with E-state index in [9.17, 15) is 14.7 Å². The fraction of sp³-hybridized carbons (Fsp3) is 0.375. The van der Waals surface area contributed by atoms with Gasteiger partial charge in [0.1, 0.15) is 5.76 Å². The first-order valence-corrected chi connectivity index (χ1v) is 6.84. The second-order valence-corrected chi connectivity index (χ2v) is 5.80. The topological polar surface area (TPSA) is 72.8 Å².